The van der Waals surface area contributed by atoms with Crippen LogP contribution in [0.4, 0.5) is 0 Å². The van der Waals surface area contributed by atoms with Gasteiger partial charge in [0.15, 0.2) is 0 Å². The van der Waals surface area contributed by atoms with Crippen LogP contribution in [-0.4, -0.2) is 47.4 Å². The maximum absolute atomic E-state index is 12.8. The van der Waals surface area contributed by atoms with Crippen molar-refractivity contribution in [3.05, 3.63) is 66.0 Å². The minimum Gasteiger partial charge on any atom is -0.337 e. The van der Waals surface area contributed by atoms with Crippen LogP contribution in [0, 0.1) is 0 Å². The van der Waals surface area contributed by atoms with Gasteiger partial charge in [-0.3, -0.25) is 9.78 Å². The average Bonchev–Trinajstić information content (AvgIpc) is 3.14. The predicted molar refractivity (Wildman–Crippen MR) is 95.6 cm³/mol. The second-order valence-corrected chi connectivity index (χ2v) is 6.48. The molecule has 1 atom stereocenters. The third-order valence-electron chi connectivity index (χ3n) is 4.75. The number of likely N-dealkylation sites (N-methyl/N-ethyl adjacent to an activating group) is 1. The van der Waals surface area contributed by atoms with E-state index in [0.717, 1.165) is 25.2 Å². The molecule has 1 aliphatic rings. The van der Waals surface area contributed by atoms with Crippen LogP contribution in [-0.2, 0) is 11.2 Å². The van der Waals surface area contributed by atoms with Crippen LogP contribution in [0.3, 0.4) is 0 Å². The minimum absolute atomic E-state index is 0.0912. The molecule has 126 valence electrons. The van der Waals surface area contributed by atoms with Crippen LogP contribution in [0.15, 0.2) is 54.9 Å². The van der Waals surface area contributed by atoms with Crippen LogP contribution in [0.25, 0.3) is 0 Å². The average molecular weight is 323 g/mol. The monoisotopic (exact) mass is 323 g/mol. The Bertz CT molecular complexity index is 638. The molecule has 0 radical (unpaired) electrons. The Morgan fingerprint density at radius 1 is 1.17 bits per heavy atom. The molecule has 3 rings (SSSR count). The third kappa shape index (κ3) is 4.20. The highest BCUT2D eigenvalue weighted by Gasteiger charge is 2.25. The molecule has 2 heterocycles. The number of pyridine rings is 1. The highest BCUT2D eigenvalue weighted by atomic mass is 16.2. The zero-order valence-corrected chi connectivity index (χ0v) is 14.3. The molecule has 0 saturated carbocycles. The van der Waals surface area contributed by atoms with Crippen LogP contribution in [0.1, 0.15) is 30.0 Å². The molecule has 1 aliphatic heterocycles. The summed E-state index contributed by atoms with van der Waals surface area (Å²) >= 11 is 0. The van der Waals surface area contributed by atoms with Crippen molar-refractivity contribution in [3.8, 4) is 0 Å². The SMILES string of the molecule is CN(C(=O)Cc1cccnc1)[C@H](CN1CCCC1)c1ccccc1. The topological polar surface area (TPSA) is 36.4 Å². The van der Waals surface area contributed by atoms with Gasteiger partial charge in [-0.1, -0.05) is 36.4 Å². The molecule has 0 aliphatic carbocycles. The van der Waals surface area contributed by atoms with E-state index in [9.17, 15) is 4.79 Å². The van der Waals surface area contributed by atoms with Crippen molar-refractivity contribution in [1.29, 1.82) is 0 Å². The van der Waals surface area contributed by atoms with Crippen molar-refractivity contribution in [2.45, 2.75) is 25.3 Å². The fourth-order valence-corrected chi connectivity index (χ4v) is 3.31. The molecule has 4 heteroatoms. The number of aromatic nitrogens is 1. The Morgan fingerprint density at radius 2 is 1.92 bits per heavy atom. The summed E-state index contributed by atoms with van der Waals surface area (Å²) in [7, 11) is 1.92. The Morgan fingerprint density at radius 3 is 2.58 bits per heavy atom. The van der Waals surface area contributed by atoms with E-state index in [1.165, 1.54) is 18.4 Å². The number of carbonyl (C=O) groups is 1. The van der Waals surface area contributed by atoms with E-state index >= 15 is 0 Å². The normalized spacial score (nSPS) is 16.0. The van der Waals surface area contributed by atoms with Crippen molar-refractivity contribution < 1.29 is 4.79 Å². The molecule has 0 unspecified atom stereocenters. The summed E-state index contributed by atoms with van der Waals surface area (Å²) < 4.78 is 0. The molecule has 1 fully saturated rings. The minimum atomic E-state index is 0.0912. The number of hydrogen-bond acceptors (Lipinski definition) is 3. The van der Waals surface area contributed by atoms with Crippen LogP contribution >= 0.6 is 0 Å². The highest BCUT2D eigenvalue weighted by molar-refractivity contribution is 5.79. The fourth-order valence-electron chi connectivity index (χ4n) is 3.31. The van der Waals surface area contributed by atoms with E-state index < -0.39 is 0 Å². The zero-order valence-electron chi connectivity index (χ0n) is 14.3. The van der Waals surface area contributed by atoms with Gasteiger partial charge in [-0.15, -0.1) is 0 Å². The molecular formula is C20H25N3O. The van der Waals surface area contributed by atoms with Gasteiger partial charge in [0.2, 0.25) is 5.91 Å². The Balaban J connectivity index is 1.74. The van der Waals surface area contributed by atoms with Crippen molar-refractivity contribution in [2.24, 2.45) is 0 Å². The largest absolute Gasteiger partial charge is 0.337 e. The zero-order chi connectivity index (χ0) is 16.8. The summed E-state index contributed by atoms with van der Waals surface area (Å²) in [5.74, 6) is 0.135. The smallest absolute Gasteiger partial charge is 0.227 e. The van der Waals surface area contributed by atoms with E-state index in [4.69, 9.17) is 0 Å². The van der Waals surface area contributed by atoms with Gasteiger partial charge in [-0.2, -0.15) is 0 Å². The summed E-state index contributed by atoms with van der Waals surface area (Å²) in [5, 5.41) is 0. The molecule has 1 aromatic heterocycles. The second kappa shape index (κ2) is 8.06. The summed E-state index contributed by atoms with van der Waals surface area (Å²) in [6.07, 6.45) is 6.42. The van der Waals surface area contributed by atoms with Crippen LogP contribution in [0.5, 0.6) is 0 Å². The number of benzene rings is 1. The van der Waals surface area contributed by atoms with E-state index in [1.807, 2.05) is 42.3 Å². The molecule has 0 bridgehead atoms. The number of nitrogens with zero attached hydrogens (tertiary/aromatic N) is 3. The molecule has 4 nitrogen and oxygen atoms in total. The van der Waals surface area contributed by atoms with Gasteiger partial charge in [0.25, 0.3) is 0 Å². The molecular weight excluding hydrogens is 298 g/mol. The van der Waals surface area contributed by atoms with Crippen molar-refractivity contribution in [1.82, 2.24) is 14.8 Å². The number of hydrogen-bond donors (Lipinski definition) is 0. The number of likely N-dealkylation sites (tertiary alicyclic amines) is 1. The van der Waals surface area contributed by atoms with E-state index in [0.29, 0.717) is 6.42 Å². The molecule has 0 spiro atoms. The first-order chi connectivity index (χ1) is 11.7. The molecule has 1 aromatic carbocycles. The van der Waals surface area contributed by atoms with Crippen molar-refractivity contribution >= 4 is 5.91 Å². The summed E-state index contributed by atoms with van der Waals surface area (Å²) in [6, 6.07) is 14.3. The van der Waals surface area contributed by atoms with Gasteiger partial charge >= 0.3 is 0 Å². The van der Waals surface area contributed by atoms with Gasteiger partial charge in [0, 0.05) is 26.0 Å². The summed E-state index contributed by atoms with van der Waals surface area (Å²) in [6.45, 7) is 3.17. The summed E-state index contributed by atoms with van der Waals surface area (Å²) in [4.78, 5) is 21.3. The molecule has 24 heavy (non-hydrogen) atoms. The first-order valence-electron chi connectivity index (χ1n) is 8.66. The Labute approximate surface area is 144 Å². The molecule has 0 N–H and O–H groups in total. The fraction of sp³-hybridized carbons (Fsp3) is 0.400. The van der Waals surface area contributed by atoms with Crippen LogP contribution in [0.2, 0.25) is 0 Å². The van der Waals surface area contributed by atoms with E-state index in [1.54, 1.807) is 12.4 Å². The molecule has 1 amide bonds. The molecule has 1 saturated heterocycles. The number of carbonyl (C=O) groups excluding carboxylic acids is 1. The third-order valence-corrected chi connectivity index (χ3v) is 4.75. The van der Waals surface area contributed by atoms with Gasteiger partial charge in [0.05, 0.1) is 12.5 Å². The lowest BCUT2D eigenvalue weighted by Gasteiger charge is -2.32. The maximum atomic E-state index is 12.8. The quantitative estimate of drug-likeness (QED) is 0.820. The Kier molecular flexibility index (Phi) is 5.59. The van der Waals surface area contributed by atoms with Gasteiger partial charge in [-0.05, 0) is 43.1 Å². The van der Waals surface area contributed by atoms with Gasteiger partial charge in [-0.25, -0.2) is 0 Å². The van der Waals surface area contributed by atoms with Crippen LogP contribution < -0.4 is 0 Å². The Hall–Kier alpha value is -2.20. The van der Waals surface area contributed by atoms with Crippen molar-refractivity contribution in [2.75, 3.05) is 26.7 Å². The first-order valence-corrected chi connectivity index (χ1v) is 8.66. The van der Waals surface area contributed by atoms with E-state index in [-0.39, 0.29) is 11.9 Å². The first kappa shape index (κ1) is 16.7. The second-order valence-electron chi connectivity index (χ2n) is 6.48. The maximum Gasteiger partial charge on any atom is 0.227 e. The van der Waals surface area contributed by atoms with Crippen molar-refractivity contribution in [3.63, 3.8) is 0 Å². The van der Waals surface area contributed by atoms with E-state index in [2.05, 4.69) is 22.0 Å². The lowest BCUT2D eigenvalue weighted by molar-refractivity contribution is -0.131. The summed E-state index contributed by atoms with van der Waals surface area (Å²) in [5.41, 5.74) is 2.16. The van der Waals surface area contributed by atoms with Gasteiger partial charge in [0.1, 0.15) is 0 Å². The lowest BCUT2D eigenvalue weighted by atomic mass is 10.0. The number of amides is 1. The lowest BCUT2D eigenvalue weighted by Crippen LogP contribution is -2.39. The predicted octanol–water partition coefficient (Wildman–Crippen LogP) is 2.92. The number of rotatable bonds is 6. The van der Waals surface area contributed by atoms with Gasteiger partial charge < -0.3 is 9.80 Å². The highest BCUT2D eigenvalue weighted by Crippen LogP contribution is 2.23. The molecule has 2 aromatic rings. The standard InChI is InChI=1S/C20H25N3O/c1-22(20(24)14-17-8-7-11-21-15-17)19(16-23-12-5-6-13-23)18-9-3-2-4-10-18/h2-4,7-11,15,19H,5-6,12-14,16H2,1H3/t19-/m1/s1.